The van der Waals surface area contributed by atoms with Crippen LogP contribution in [0.4, 0.5) is 5.69 Å². The van der Waals surface area contributed by atoms with Gasteiger partial charge in [0.25, 0.3) is 0 Å². The van der Waals surface area contributed by atoms with Gasteiger partial charge in [-0.05, 0) is 43.5 Å². The van der Waals surface area contributed by atoms with Gasteiger partial charge in [-0.2, -0.15) is 0 Å². The Morgan fingerprint density at radius 3 is 2.73 bits per heavy atom. The Morgan fingerprint density at radius 2 is 1.93 bits per heavy atom. The van der Waals surface area contributed by atoms with E-state index in [1.54, 1.807) is 4.90 Å². The minimum absolute atomic E-state index is 0.0181. The summed E-state index contributed by atoms with van der Waals surface area (Å²) < 4.78 is 11.3. The fourth-order valence-electron chi connectivity index (χ4n) is 4.21. The minimum Gasteiger partial charge on any atom is -0.492 e. The van der Waals surface area contributed by atoms with Gasteiger partial charge in [-0.25, -0.2) is 0 Å². The number of carbonyl (C=O) groups excluding carboxylic acids is 2. The third-order valence-electron chi connectivity index (χ3n) is 5.88. The molecule has 6 heteroatoms. The van der Waals surface area contributed by atoms with E-state index in [4.69, 9.17) is 9.47 Å². The number of benzene rings is 2. The van der Waals surface area contributed by atoms with Crippen LogP contribution in [-0.2, 0) is 14.3 Å². The summed E-state index contributed by atoms with van der Waals surface area (Å²) in [6.07, 6.45) is 1.50. The number of nitrogens with zero attached hydrogens (tertiary/aromatic N) is 1. The summed E-state index contributed by atoms with van der Waals surface area (Å²) in [7, 11) is 0. The molecule has 2 aromatic carbocycles. The molecule has 2 aromatic rings. The molecule has 2 atom stereocenters. The van der Waals surface area contributed by atoms with Gasteiger partial charge in [-0.15, -0.1) is 0 Å². The second-order valence-electron chi connectivity index (χ2n) is 7.87. The van der Waals surface area contributed by atoms with E-state index in [2.05, 4.69) is 11.4 Å². The lowest BCUT2D eigenvalue weighted by molar-refractivity contribution is -0.128. The fourth-order valence-corrected chi connectivity index (χ4v) is 4.21. The molecule has 0 radical (unpaired) electrons. The third-order valence-corrected chi connectivity index (χ3v) is 5.88. The van der Waals surface area contributed by atoms with E-state index in [-0.39, 0.29) is 24.3 Å². The Bertz CT molecular complexity index is 901. The smallest absolute Gasteiger partial charge is 0.240 e. The van der Waals surface area contributed by atoms with E-state index in [1.165, 1.54) is 0 Å². The van der Waals surface area contributed by atoms with Crippen molar-refractivity contribution in [2.24, 2.45) is 5.41 Å². The summed E-state index contributed by atoms with van der Waals surface area (Å²) in [5.74, 6) is 0.720. The molecule has 1 aliphatic heterocycles. The molecule has 2 amide bonds. The zero-order valence-electron chi connectivity index (χ0n) is 17.3. The van der Waals surface area contributed by atoms with Crippen molar-refractivity contribution in [2.75, 3.05) is 37.8 Å². The molecule has 30 heavy (non-hydrogen) atoms. The molecule has 0 bridgehead atoms. The quantitative estimate of drug-likeness (QED) is 0.614. The first-order valence-corrected chi connectivity index (χ1v) is 10.6. The Morgan fingerprint density at radius 1 is 1.17 bits per heavy atom. The maximum Gasteiger partial charge on any atom is 0.240 e. The summed E-state index contributed by atoms with van der Waals surface area (Å²) >= 11 is 0. The lowest BCUT2D eigenvalue weighted by Gasteiger charge is -2.33. The van der Waals surface area contributed by atoms with Crippen molar-refractivity contribution in [2.45, 2.75) is 25.7 Å². The largest absolute Gasteiger partial charge is 0.492 e. The molecule has 0 aromatic heterocycles. The van der Waals surface area contributed by atoms with E-state index in [0.29, 0.717) is 26.4 Å². The standard InChI is InChI=1S/C24H28N2O4/c1-2-29-14-8-13-25-22(27)16-26-21-12-7-6-11-19(21)20-15-24(20,23(26)28)17-30-18-9-4-3-5-10-18/h3-7,9-12,20H,2,8,13-17H2,1H3,(H,25,27)/t20-,24+/m0/s1. The Kier molecular flexibility index (Phi) is 6.04. The second-order valence-corrected chi connectivity index (χ2v) is 7.87. The number of rotatable bonds is 10. The lowest BCUT2D eigenvalue weighted by Crippen LogP contribution is -2.48. The van der Waals surface area contributed by atoms with Crippen LogP contribution in [-0.4, -0.2) is 44.7 Å². The van der Waals surface area contributed by atoms with Crippen molar-refractivity contribution < 1.29 is 19.1 Å². The van der Waals surface area contributed by atoms with Crippen LogP contribution in [0, 0.1) is 5.41 Å². The monoisotopic (exact) mass is 408 g/mol. The molecule has 1 heterocycles. The molecular weight excluding hydrogens is 380 g/mol. The highest BCUT2D eigenvalue weighted by Crippen LogP contribution is 2.65. The summed E-state index contributed by atoms with van der Waals surface area (Å²) in [4.78, 5) is 27.6. The van der Waals surface area contributed by atoms with Crippen LogP contribution >= 0.6 is 0 Å². The molecule has 158 valence electrons. The molecule has 4 rings (SSSR count). The first-order chi connectivity index (χ1) is 14.7. The average Bonchev–Trinajstić information content (AvgIpc) is 3.52. The zero-order valence-corrected chi connectivity index (χ0v) is 17.3. The fraction of sp³-hybridized carbons (Fsp3) is 0.417. The average molecular weight is 408 g/mol. The Balaban J connectivity index is 1.45. The molecule has 2 aliphatic rings. The molecule has 6 nitrogen and oxygen atoms in total. The molecular formula is C24H28N2O4. The number of hydrogen-bond donors (Lipinski definition) is 1. The van der Waals surface area contributed by atoms with Gasteiger partial charge in [0.15, 0.2) is 0 Å². The van der Waals surface area contributed by atoms with Gasteiger partial charge in [-0.1, -0.05) is 36.4 Å². The number of ether oxygens (including phenoxy) is 2. The number of carbonyl (C=O) groups is 2. The lowest BCUT2D eigenvalue weighted by atomic mass is 9.92. The summed E-state index contributed by atoms with van der Waals surface area (Å²) in [6, 6.07) is 17.4. The Hall–Kier alpha value is -2.86. The number of nitrogens with one attached hydrogen (secondary N) is 1. The second kappa shape index (κ2) is 8.88. The number of fused-ring (bicyclic) bond motifs is 3. The molecule has 1 fully saturated rings. The van der Waals surface area contributed by atoms with E-state index in [9.17, 15) is 9.59 Å². The number of hydrogen-bond acceptors (Lipinski definition) is 4. The van der Waals surface area contributed by atoms with Crippen molar-refractivity contribution in [1.82, 2.24) is 5.32 Å². The predicted octanol–water partition coefficient (Wildman–Crippen LogP) is 3.13. The van der Waals surface area contributed by atoms with Crippen LogP contribution in [0.15, 0.2) is 54.6 Å². The minimum atomic E-state index is -0.584. The van der Waals surface area contributed by atoms with Crippen molar-refractivity contribution in [1.29, 1.82) is 0 Å². The molecule has 1 saturated carbocycles. The highest BCUT2D eigenvalue weighted by molar-refractivity contribution is 6.07. The number of amides is 2. The Labute approximate surface area is 177 Å². The van der Waals surface area contributed by atoms with Crippen LogP contribution < -0.4 is 15.0 Å². The van der Waals surface area contributed by atoms with Gasteiger partial charge in [0.1, 0.15) is 18.9 Å². The van der Waals surface area contributed by atoms with Crippen LogP contribution in [0.25, 0.3) is 0 Å². The molecule has 0 spiro atoms. The van der Waals surface area contributed by atoms with Gasteiger partial charge in [0, 0.05) is 31.4 Å². The van der Waals surface area contributed by atoms with Crippen LogP contribution in [0.3, 0.4) is 0 Å². The van der Waals surface area contributed by atoms with E-state index >= 15 is 0 Å². The molecule has 1 N–H and O–H groups in total. The molecule has 1 aliphatic carbocycles. The first-order valence-electron chi connectivity index (χ1n) is 10.6. The maximum atomic E-state index is 13.5. The number of para-hydroxylation sites is 2. The van der Waals surface area contributed by atoms with E-state index in [1.807, 2.05) is 55.5 Å². The van der Waals surface area contributed by atoms with Crippen LogP contribution in [0.1, 0.15) is 31.2 Å². The third kappa shape index (κ3) is 4.05. The summed E-state index contributed by atoms with van der Waals surface area (Å²) in [6.45, 7) is 4.10. The normalized spacial score (nSPS) is 21.6. The van der Waals surface area contributed by atoms with Gasteiger partial charge in [-0.3, -0.25) is 9.59 Å². The van der Waals surface area contributed by atoms with Crippen molar-refractivity contribution in [3.05, 3.63) is 60.2 Å². The van der Waals surface area contributed by atoms with Crippen molar-refractivity contribution in [3.8, 4) is 5.75 Å². The van der Waals surface area contributed by atoms with Crippen LogP contribution in [0.2, 0.25) is 0 Å². The topological polar surface area (TPSA) is 67.9 Å². The van der Waals surface area contributed by atoms with Gasteiger partial charge < -0.3 is 19.7 Å². The van der Waals surface area contributed by atoms with Crippen LogP contribution in [0.5, 0.6) is 5.75 Å². The highest BCUT2D eigenvalue weighted by Gasteiger charge is 2.66. The first kappa shape index (κ1) is 20.4. The molecule has 0 saturated heterocycles. The summed E-state index contributed by atoms with van der Waals surface area (Å²) in [5, 5.41) is 2.89. The van der Waals surface area contributed by atoms with Gasteiger partial charge in [0.05, 0.1) is 5.41 Å². The van der Waals surface area contributed by atoms with Gasteiger partial charge >= 0.3 is 0 Å². The van der Waals surface area contributed by atoms with Gasteiger partial charge in [0.2, 0.25) is 11.8 Å². The predicted molar refractivity (Wildman–Crippen MR) is 115 cm³/mol. The SMILES string of the molecule is CCOCCCNC(=O)CN1C(=O)[C@@]2(COc3ccccc3)C[C@H]2c2ccccc21. The number of anilines is 1. The van der Waals surface area contributed by atoms with E-state index in [0.717, 1.165) is 29.8 Å². The summed E-state index contributed by atoms with van der Waals surface area (Å²) in [5.41, 5.74) is 1.38. The highest BCUT2D eigenvalue weighted by atomic mass is 16.5. The van der Waals surface area contributed by atoms with Crippen molar-refractivity contribution >= 4 is 17.5 Å². The maximum absolute atomic E-state index is 13.5. The zero-order chi connectivity index (χ0) is 21.0. The molecule has 0 unspecified atom stereocenters. The van der Waals surface area contributed by atoms with Crippen molar-refractivity contribution in [3.63, 3.8) is 0 Å². The van der Waals surface area contributed by atoms with E-state index < -0.39 is 5.41 Å².